The maximum atomic E-state index is 10.2. The molecule has 3 rings (SSSR count). The minimum Gasteiger partial charge on any atom is -0.508 e. The fourth-order valence-electron chi connectivity index (χ4n) is 3.39. The Kier molecular flexibility index (Phi) is 3.93. The van der Waals surface area contributed by atoms with E-state index in [9.17, 15) is 5.11 Å². The molecular weight excluding hydrogens is 246 g/mol. The lowest BCUT2D eigenvalue weighted by atomic mass is 9.94. The van der Waals surface area contributed by atoms with Crippen molar-refractivity contribution in [3.63, 3.8) is 0 Å². The van der Waals surface area contributed by atoms with Gasteiger partial charge >= 0.3 is 0 Å². The van der Waals surface area contributed by atoms with Gasteiger partial charge in [0, 0.05) is 18.2 Å². The van der Waals surface area contributed by atoms with Crippen LogP contribution in [-0.4, -0.2) is 23.1 Å². The molecule has 106 valence electrons. The number of aromatic hydroxyl groups is 1. The first-order chi connectivity index (χ1) is 9.75. The molecule has 2 nitrogen and oxygen atoms in total. The van der Waals surface area contributed by atoms with E-state index in [0.29, 0.717) is 11.8 Å². The van der Waals surface area contributed by atoms with E-state index in [0.717, 1.165) is 12.1 Å². The molecular formula is C18H23NO. The molecule has 1 aliphatic rings. The van der Waals surface area contributed by atoms with Crippen LogP contribution in [-0.2, 0) is 6.54 Å². The summed E-state index contributed by atoms with van der Waals surface area (Å²) in [7, 11) is 2.19. The van der Waals surface area contributed by atoms with Crippen molar-refractivity contribution in [2.45, 2.75) is 44.7 Å². The third-order valence-corrected chi connectivity index (χ3v) is 4.62. The Hall–Kier alpha value is -1.54. The van der Waals surface area contributed by atoms with Gasteiger partial charge in [0.15, 0.2) is 0 Å². The highest BCUT2D eigenvalue weighted by Crippen LogP contribution is 2.30. The minimum absolute atomic E-state index is 0.423. The predicted octanol–water partition coefficient (Wildman–Crippen LogP) is 4.31. The van der Waals surface area contributed by atoms with Crippen molar-refractivity contribution in [3.05, 3.63) is 42.0 Å². The molecule has 20 heavy (non-hydrogen) atoms. The molecule has 0 aliphatic heterocycles. The van der Waals surface area contributed by atoms with E-state index in [4.69, 9.17) is 0 Å². The molecule has 1 N–H and O–H groups in total. The molecule has 0 bridgehead atoms. The van der Waals surface area contributed by atoms with Crippen molar-refractivity contribution in [2.24, 2.45) is 0 Å². The second-order valence-corrected chi connectivity index (χ2v) is 5.99. The number of fused-ring (bicyclic) bond motifs is 1. The summed E-state index contributed by atoms with van der Waals surface area (Å²) in [6.07, 6.45) is 6.65. The first-order valence-corrected chi connectivity index (χ1v) is 7.65. The van der Waals surface area contributed by atoms with Gasteiger partial charge in [-0.05, 0) is 36.7 Å². The summed E-state index contributed by atoms with van der Waals surface area (Å²) in [5.74, 6) is 0.423. The average Bonchev–Trinajstić information content (AvgIpc) is 2.51. The number of rotatable bonds is 3. The maximum absolute atomic E-state index is 10.2. The molecule has 1 fully saturated rings. The Balaban J connectivity index is 1.87. The van der Waals surface area contributed by atoms with Crippen LogP contribution < -0.4 is 0 Å². The molecule has 0 atom stereocenters. The van der Waals surface area contributed by atoms with E-state index in [1.807, 2.05) is 24.3 Å². The van der Waals surface area contributed by atoms with Gasteiger partial charge in [0.25, 0.3) is 0 Å². The molecule has 1 aliphatic carbocycles. The Labute approximate surface area is 121 Å². The fourth-order valence-corrected chi connectivity index (χ4v) is 3.39. The van der Waals surface area contributed by atoms with Gasteiger partial charge in [-0.3, -0.25) is 4.90 Å². The standard InChI is InChI=1S/C18H23NO/c1-19(15-8-3-2-4-9-15)13-17-16-10-6-5-7-14(16)11-12-18(17)20/h5-7,10-12,15,20H,2-4,8-9,13H2,1H3. The number of nitrogens with zero attached hydrogens (tertiary/aromatic N) is 1. The first kappa shape index (κ1) is 13.4. The van der Waals surface area contributed by atoms with Gasteiger partial charge in [0.1, 0.15) is 5.75 Å². The van der Waals surface area contributed by atoms with E-state index >= 15 is 0 Å². The van der Waals surface area contributed by atoms with E-state index in [2.05, 4.69) is 24.1 Å². The molecule has 0 aromatic heterocycles. The summed E-state index contributed by atoms with van der Waals surface area (Å²) in [6, 6.07) is 12.8. The van der Waals surface area contributed by atoms with Crippen LogP contribution in [0.4, 0.5) is 0 Å². The lowest BCUT2D eigenvalue weighted by Crippen LogP contribution is -2.32. The Morgan fingerprint density at radius 3 is 2.60 bits per heavy atom. The zero-order valence-corrected chi connectivity index (χ0v) is 12.2. The first-order valence-electron chi connectivity index (χ1n) is 7.65. The van der Waals surface area contributed by atoms with Crippen LogP contribution in [0.1, 0.15) is 37.7 Å². The second kappa shape index (κ2) is 5.84. The van der Waals surface area contributed by atoms with Gasteiger partial charge in [-0.25, -0.2) is 0 Å². The smallest absolute Gasteiger partial charge is 0.120 e. The number of benzene rings is 2. The molecule has 0 radical (unpaired) electrons. The van der Waals surface area contributed by atoms with Crippen molar-refractivity contribution in [2.75, 3.05) is 7.05 Å². The van der Waals surface area contributed by atoms with Crippen LogP contribution in [0.5, 0.6) is 5.75 Å². The number of hydrogen-bond acceptors (Lipinski definition) is 2. The van der Waals surface area contributed by atoms with Crippen molar-refractivity contribution in [1.29, 1.82) is 0 Å². The topological polar surface area (TPSA) is 23.5 Å². The molecule has 1 saturated carbocycles. The van der Waals surface area contributed by atoms with Crippen LogP contribution in [0.15, 0.2) is 36.4 Å². The lowest BCUT2D eigenvalue weighted by Gasteiger charge is -2.31. The van der Waals surface area contributed by atoms with Crippen LogP contribution in [0.2, 0.25) is 0 Å². The third-order valence-electron chi connectivity index (χ3n) is 4.62. The average molecular weight is 269 g/mol. The van der Waals surface area contributed by atoms with Crippen LogP contribution in [0.25, 0.3) is 10.8 Å². The highest BCUT2D eigenvalue weighted by atomic mass is 16.3. The normalized spacial score (nSPS) is 16.9. The quantitative estimate of drug-likeness (QED) is 0.897. The van der Waals surface area contributed by atoms with Gasteiger partial charge in [-0.1, -0.05) is 49.6 Å². The zero-order chi connectivity index (χ0) is 13.9. The molecule has 2 aromatic carbocycles. The van der Waals surface area contributed by atoms with Gasteiger partial charge in [0.05, 0.1) is 0 Å². The molecule has 0 saturated heterocycles. The summed E-state index contributed by atoms with van der Waals surface area (Å²) in [6.45, 7) is 0.831. The summed E-state index contributed by atoms with van der Waals surface area (Å²) in [4.78, 5) is 2.42. The molecule has 2 aromatic rings. The monoisotopic (exact) mass is 269 g/mol. The highest BCUT2D eigenvalue weighted by Gasteiger charge is 2.19. The summed E-state index contributed by atoms with van der Waals surface area (Å²) < 4.78 is 0. The third kappa shape index (κ3) is 2.66. The highest BCUT2D eigenvalue weighted by molar-refractivity contribution is 5.87. The van der Waals surface area contributed by atoms with E-state index in [-0.39, 0.29) is 0 Å². The van der Waals surface area contributed by atoms with Crippen LogP contribution in [0, 0.1) is 0 Å². The molecule has 0 unspecified atom stereocenters. The summed E-state index contributed by atoms with van der Waals surface area (Å²) >= 11 is 0. The SMILES string of the molecule is CN(Cc1c(O)ccc2ccccc12)C1CCCCC1. The van der Waals surface area contributed by atoms with E-state index in [1.54, 1.807) is 0 Å². The van der Waals surface area contributed by atoms with Gasteiger partial charge in [0.2, 0.25) is 0 Å². The van der Waals surface area contributed by atoms with Crippen molar-refractivity contribution in [1.82, 2.24) is 4.90 Å². The predicted molar refractivity (Wildman–Crippen MR) is 84.0 cm³/mol. The van der Waals surface area contributed by atoms with Crippen molar-refractivity contribution in [3.8, 4) is 5.75 Å². The summed E-state index contributed by atoms with van der Waals surface area (Å²) in [5, 5.41) is 12.6. The number of phenolic OH excluding ortho intramolecular Hbond substituents is 1. The van der Waals surface area contributed by atoms with E-state index < -0.39 is 0 Å². The Bertz CT molecular complexity index is 587. The largest absolute Gasteiger partial charge is 0.508 e. The minimum atomic E-state index is 0.423. The Morgan fingerprint density at radius 1 is 1.05 bits per heavy atom. The molecule has 0 heterocycles. The Morgan fingerprint density at radius 2 is 1.80 bits per heavy atom. The van der Waals surface area contributed by atoms with Crippen LogP contribution >= 0.6 is 0 Å². The number of hydrogen-bond donors (Lipinski definition) is 1. The lowest BCUT2D eigenvalue weighted by molar-refractivity contribution is 0.183. The second-order valence-electron chi connectivity index (χ2n) is 5.99. The van der Waals surface area contributed by atoms with Gasteiger partial charge in [-0.15, -0.1) is 0 Å². The van der Waals surface area contributed by atoms with Gasteiger partial charge in [-0.2, -0.15) is 0 Å². The fraction of sp³-hybridized carbons (Fsp3) is 0.444. The van der Waals surface area contributed by atoms with Gasteiger partial charge < -0.3 is 5.11 Å². The van der Waals surface area contributed by atoms with Crippen molar-refractivity contribution < 1.29 is 5.11 Å². The van der Waals surface area contributed by atoms with Crippen LogP contribution in [0.3, 0.4) is 0 Å². The summed E-state index contributed by atoms with van der Waals surface area (Å²) in [5.41, 5.74) is 1.07. The molecule has 2 heteroatoms. The number of phenols is 1. The zero-order valence-electron chi connectivity index (χ0n) is 12.2. The van der Waals surface area contributed by atoms with Crippen molar-refractivity contribution >= 4 is 10.8 Å². The molecule has 0 amide bonds. The molecule has 0 spiro atoms. The van der Waals surface area contributed by atoms with E-state index in [1.165, 1.54) is 42.9 Å². The maximum Gasteiger partial charge on any atom is 0.120 e.